The first-order valence-corrected chi connectivity index (χ1v) is 25.6. The first-order valence-electron chi connectivity index (χ1n) is 25.6. The molecule has 1 heterocycles. The van der Waals surface area contributed by atoms with Gasteiger partial charge in [-0.25, -0.2) is 4.79 Å². The van der Waals surface area contributed by atoms with E-state index in [9.17, 15) is 9.59 Å². The molecule has 0 bridgehead atoms. The molecule has 6 atom stereocenters. The normalized spacial score (nSPS) is 18.4. The minimum atomic E-state index is -1.10. The van der Waals surface area contributed by atoms with E-state index in [4.69, 9.17) is 33.2 Å². The van der Waals surface area contributed by atoms with E-state index in [0.29, 0.717) is 6.61 Å². The number of hydrogen-bond donors (Lipinski definition) is 1. The van der Waals surface area contributed by atoms with Crippen molar-refractivity contribution in [2.75, 3.05) is 13.2 Å². The number of carbonyl (C=O) groups excluding carboxylic acids is 2. The number of allylic oxidation sites excluding steroid dienone is 1. The molecule has 0 spiro atoms. The van der Waals surface area contributed by atoms with Gasteiger partial charge < -0.3 is 38.5 Å². The lowest BCUT2D eigenvalue weighted by molar-refractivity contribution is -0.328. The van der Waals surface area contributed by atoms with Gasteiger partial charge in [-0.1, -0.05) is 229 Å². The maximum Gasteiger partial charge on any atom is 0.408 e. The topological polar surface area (TPSA) is 111 Å². The average molecular weight is 954 g/mol. The van der Waals surface area contributed by atoms with Crippen molar-refractivity contribution >= 4 is 11.9 Å². The molecule has 5 aromatic rings. The fourth-order valence-electron chi connectivity index (χ4n) is 8.42. The number of ether oxygens (including phenoxy) is 7. The quantitative estimate of drug-likeness (QED) is 0.0325. The molecule has 1 unspecified atom stereocenters. The second-order valence-corrected chi connectivity index (χ2v) is 18.0. The lowest BCUT2D eigenvalue weighted by Gasteiger charge is -2.46. The molecular weight excluding hydrogens is 879 g/mol. The van der Waals surface area contributed by atoms with Crippen molar-refractivity contribution in [2.24, 2.45) is 0 Å². The van der Waals surface area contributed by atoms with Crippen molar-refractivity contribution < 1.29 is 42.7 Å². The van der Waals surface area contributed by atoms with Crippen LogP contribution >= 0.6 is 0 Å². The summed E-state index contributed by atoms with van der Waals surface area (Å²) in [5, 5.41) is 2.80. The Morgan fingerprint density at radius 1 is 0.514 bits per heavy atom. The van der Waals surface area contributed by atoms with E-state index in [1.54, 1.807) is 6.08 Å². The Morgan fingerprint density at radius 2 is 0.943 bits per heavy atom. The molecule has 0 radical (unpaired) electrons. The molecule has 1 fully saturated rings. The summed E-state index contributed by atoms with van der Waals surface area (Å²) in [5.41, 5.74) is 4.73. The fourth-order valence-corrected chi connectivity index (χ4v) is 8.42. The molecule has 1 aliphatic heterocycles. The number of rotatable bonds is 33. The molecule has 10 heteroatoms. The van der Waals surface area contributed by atoms with Crippen LogP contribution in [-0.2, 0) is 71.0 Å². The van der Waals surface area contributed by atoms with E-state index < -0.39 is 42.8 Å². The van der Waals surface area contributed by atoms with Crippen LogP contribution in [0.15, 0.2) is 164 Å². The number of benzene rings is 5. The van der Waals surface area contributed by atoms with Crippen LogP contribution in [0.5, 0.6) is 0 Å². The molecule has 0 aliphatic carbocycles. The molecule has 10 nitrogen and oxygen atoms in total. The highest BCUT2D eigenvalue weighted by Gasteiger charge is 2.49. The number of amides is 1. The molecule has 374 valence electrons. The number of ketones is 1. The number of alkyl carbamates (subject to hydrolysis) is 1. The molecule has 6 rings (SSSR count). The van der Waals surface area contributed by atoms with Gasteiger partial charge in [0.05, 0.1) is 39.6 Å². The number of unbranched alkanes of at least 4 members (excludes halogenated alkanes) is 11. The van der Waals surface area contributed by atoms with Crippen LogP contribution in [0.4, 0.5) is 4.79 Å². The van der Waals surface area contributed by atoms with Gasteiger partial charge in [0.25, 0.3) is 0 Å². The molecule has 0 saturated carbocycles. The van der Waals surface area contributed by atoms with Crippen molar-refractivity contribution in [3.05, 3.63) is 192 Å². The Kier molecular flexibility index (Phi) is 25.0. The van der Waals surface area contributed by atoms with Gasteiger partial charge in [-0.3, -0.25) is 4.79 Å². The molecule has 0 aromatic heterocycles. The molecule has 1 amide bonds. The standard InChI is InChI=1S/C60H75NO9/c1-2-3-4-5-6-7-8-9-10-11-12-13-29-40-54(62)53(61-60(63)69-45-52-38-27-18-28-39-52)46-68-59-58(67-44-51-36-25-17-26-37-51)57(66-43-50-34-23-16-24-35-50)56(65-42-49-32-21-15-22-33-49)55(70-59)47-64-41-48-30-19-14-20-31-48/h14-40,53,55-59H,2-13,41-47H2,1H3,(H,61,63)/b40-29+/t53-,55+,56+,57-,58+,59?/m0/s1. The summed E-state index contributed by atoms with van der Waals surface area (Å²) < 4.78 is 46.0. The Hall–Kier alpha value is -5.46. The highest BCUT2D eigenvalue weighted by atomic mass is 16.7. The van der Waals surface area contributed by atoms with Crippen LogP contribution in [-0.4, -0.2) is 61.8 Å². The smallest absolute Gasteiger partial charge is 0.408 e. The van der Waals surface area contributed by atoms with Gasteiger partial charge in [0.1, 0.15) is 37.1 Å². The highest BCUT2D eigenvalue weighted by molar-refractivity contribution is 5.96. The zero-order valence-electron chi connectivity index (χ0n) is 41.2. The van der Waals surface area contributed by atoms with Gasteiger partial charge in [0.2, 0.25) is 0 Å². The van der Waals surface area contributed by atoms with E-state index in [1.165, 1.54) is 57.8 Å². The Bertz CT molecular complexity index is 2160. The van der Waals surface area contributed by atoms with E-state index in [2.05, 4.69) is 12.2 Å². The van der Waals surface area contributed by atoms with Crippen molar-refractivity contribution in [3.8, 4) is 0 Å². The van der Waals surface area contributed by atoms with Crippen LogP contribution < -0.4 is 5.32 Å². The summed E-state index contributed by atoms with van der Waals surface area (Å²) in [6, 6.07) is 48.0. The van der Waals surface area contributed by atoms with E-state index in [-0.39, 0.29) is 45.4 Å². The molecule has 1 N–H and O–H groups in total. The molecular formula is C60H75NO9. The average Bonchev–Trinajstić information content (AvgIpc) is 3.40. The second-order valence-electron chi connectivity index (χ2n) is 18.0. The van der Waals surface area contributed by atoms with Crippen molar-refractivity contribution in [1.82, 2.24) is 5.32 Å². The van der Waals surface area contributed by atoms with E-state index in [0.717, 1.165) is 47.1 Å². The lowest BCUT2D eigenvalue weighted by atomic mass is 9.97. The predicted octanol–water partition coefficient (Wildman–Crippen LogP) is 12.8. The van der Waals surface area contributed by atoms with Gasteiger partial charge in [0.15, 0.2) is 12.1 Å². The first kappa shape index (κ1) is 53.9. The Morgan fingerprint density at radius 3 is 1.44 bits per heavy atom. The first-order chi connectivity index (χ1) is 34.6. The summed E-state index contributed by atoms with van der Waals surface area (Å²) in [7, 11) is 0. The van der Waals surface area contributed by atoms with Crippen LogP contribution in [0, 0.1) is 0 Å². The van der Waals surface area contributed by atoms with E-state index >= 15 is 0 Å². The van der Waals surface area contributed by atoms with Crippen LogP contribution in [0.3, 0.4) is 0 Å². The second kappa shape index (κ2) is 32.4. The summed E-state index contributed by atoms with van der Waals surface area (Å²) in [6.07, 6.45) is 13.1. The van der Waals surface area contributed by atoms with Crippen LogP contribution in [0.1, 0.15) is 112 Å². The van der Waals surface area contributed by atoms with Gasteiger partial charge >= 0.3 is 6.09 Å². The number of carbonyl (C=O) groups is 2. The van der Waals surface area contributed by atoms with Crippen molar-refractivity contribution in [2.45, 2.75) is 154 Å². The third-order valence-corrected chi connectivity index (χ3v) is 12.4. The minimum Gasteiger partial charge on any atom is -0.445 e. The molecule has 5 aromatic carbocycles. The van der Waals surface area contributed by atoms with Gasteiger partial charge in [0, 0.05) is 0 Å². The molecule has 1 saturated heterocycles. The van der Waals surface area contributed by atoms with Crippen molar-refractivity contribution in [1.29, 1.82) is 0 Å². The summed E-state index contributed by atoms with van der Waals surface area (Å²) in [5.74, 6) is -0.319. The SMILES string of the molecule is CCCCCCCCCCCCC/C=C/C(=O)[C@H](COC1O[C@H](COCc2ccccc2)[C@@H](OCc2ccccc2)[C@H](OCc2ccccc2)[C@H]1OCc1ccccc1)NC(=O)OCc1ccccc1. The minimum absolute atomic E-state index is 0.0414. The van der Waals surface area contributed by atoms with Crippen LogP contribution in [0.2, 0.25) is 0 Å². The highest BCUT2D eigenvalue weighted by Crippen LogP contribution is 2.32. The summed E-state index contributed by atoms with van der Waals surface area (Å²) >= 11 is 0. The maximum absolute atomic E-state index is 14.1. The maximum atomic E-state index is 14.1. The molecule has 70 heavy (non-hydrogen) atoms. The van der Waals surface area contributed by atoms with Crippen LogP contribution in [0.25, 0.3) is 0 Å². The third kappa shape index (κ3) is 20.1. The lowest BCUT2D eigenvalue weighted by Crippen LogP contribution is -2.62. The van der Waals surface area contributed by atoms with Gasteiger partial charge in [-0.15, -0.1) is 0 Å². The largest absolute Gasteiger partial charge is 0.445 e. The summed E-state index contributed by atoms with van der Waals surface area (Å²) in [4.78, 5) is 27.5. The number of hydrogen-bond acceptors (Lipinski definition) is 9. The van der Waals surface area contributed by atoms with Gasteiger partial charge in [-0.2, -0.15) is 0 Å². The Labute approximate surface area is 417 Å². The van der Waals surface area contributed by atoms with E-state index in [1.807, 2.05) is 158 Å². The number of nitrogens with one attached hydrogen (secondary N) is 1. The Balaban J connectivity index is 1.21. The monoisotopic (exact) mass is 954 g/mol. The predicted molar refractivity (Wildman–Crippen MR) is 275 cm³/mol. The zero-order valence-corrected chi connectivity index (χ0v) is 41.2. The zero-order chi connectivity index (χ0) is 48.7. The summed E-state index contributed by atoms with van der Waals surface area (Å²) in [6.45, 7) is 3.29. The van der Waals surface area contributed by atoms with Crippen molar-refractivity contribution in [3.63, 3.8) is 0 Å². The molecule has 1 aliphatic rings. The fraction of sp³-hybridized carbons (Fsp3) is 0.433. The third-order valence-electron chi connectivity index (χ3n) is 12.4. The van der Waals surface area contributed by atoms with Gasteiger partial charge in [-0.05, 0) is 46.7 Å².